The summed E-state index contributed by atoms with van der Waals surface area (Å²) >= 11 is 5.85. The summed E-state index contributed by atoms with van der Waals surface area (Å²) in [5, 5.41) is 0.275. The summed E-state index contributed by atoms with van der Waals surface area (Å²) in [7, 11) is 0. The van der Waals surface area contributed by atoms with Crippen LogP contribution in [0.15, 0.2) is 41.2 Å². The van der Waals surface area contributed by atoms with Crippen molar-refractivity contribution in [3.8, 4) is 11.3 Å². The Kier molecular flexibility index (Phi) is 2.56. The van der Waals surface area contributed by atoms with Crippen molar-refractivity contribution < 1.29 is 4.39 Å². The first-order valence-corrected chi connectivity index (χ1v) is 4.69. The van der Waals surface area contributed by atoms with Gasteiger partial charge in [0.1, 0.15) is 5.82 Å². The van der Waals surface area contributed by atoms with Crippen LogP contribution in [0.1, 0.15) is 0 Å². The maximum absolute atomic E-state index is 12.8. The van der Waals surface area contributed by atoms with Gasteiger partial charge in [-0.15, -0.1) is 0 Å². The quantitative estimate of drug-likeness (QED) is 0.792. The molecule has 0 aliphatic rings. The molecule has 2 nitrogen and oxygen atoms in total. The van der Waals surface area contributed by atoms with Gasteiger partial charge in [-0.25, -0.2) is 4.39 Å². The van der Waals surface area contributed by atoms with E-state index in [0.29, 0.717) is 11.3 Å². The molecule has 0 amide bonds. The number of halogens is 2. The Hall–Kier alpha value is -1.61. The van der Waals surface area contributed by atoms with E-state index in [4.69, 9.17) is 11.6 Å². The lowest BCUT2D eigenvalue weighted by molar-refractivity contribution is 0.628. The van der Waals surface area contributed by atoms with E-state index < -0.39 is 5.82 Å². The number of benzene rings is 1. The van der Waals surface area contributed by atoms with E-state index in [-0.39, 0.29) is 10.6 Å². The van der Waals surface area contributed by atoms with Gasteiger partial charge >= 0.3 is 0 Å². The van der Waals surface area contributed by atoms with Crippen LogP contribution in [0.3, 0.4) is 0 Å². The van der Waals surface area contributed by atoms with Gasteiger partial charge in [0.25, 0.3) is 0 Å². The molecule has 0 unspecified atom stereocenters. The Morgan fingerprint density at radius 1 is 1.20 bits per heavy atom. The first kappa shape index (κ1) is 9.93. The molecule has 1 aromatic carbocycles. The average Bonchev–Trinajstić information content (AvgIpc) is 2.17. The number of hydrogen-bond donors (Lipinski definition) is 1. The molecule has 0 saturated carbocycles. The van der Waals surface area contributed by atoms with Gasteiger partial charge in [0.15, 0.2) is 0 Å². The van der Waals surface area contributed by atoms with Crippen molar-refractivity contribution in [2.24, 2.45) is 0 Å². The third kappa shape index (κ3) is 2.07. The van der Waals surface area contributed by atoms with Gasteiger partial charge in [0.2, 0.25) is 5.56 Å². The molecule has 0 aliphatic heterocycles. The first-order valence-electron chi connectivity index (χ1n) is 4.31. The Labute approximate surface area is 90.3 Å². The number of H-pyrrole nitrogens is 1. The van der Waals surface area contributed by atoms with Crippen LogP contribution in [-0.4, -0.2) is 4.98 Å². The van der Waals surface area contributed by atoms with Crippen LogP contribution < -0.4 is 5.56 Å². The van der Waals surface area contributed by atoms with Crippen LogP contribution in [0.4, 0.5) is 4.39 Å². The third-order valence-corrected chi connectivity index (χ3v) is 2.30. The van der Waals surface area contributed by atoms with Gasteiger partial charge in [0.05, 0.1) is 5.02 Å². The van der Waals surface area contributed by atoms with Crippen molar-refractivity contribution in [3.05, 3.63) is 57.6 Å². The van der Waals surface area contributed by atoms with E-state index in [2.05, 4.69) is 4.98 Å². The van der Waals surface area contributed by atoms with E-state index in [9.17, 15) is 9.18 Å². The van der Waals surface area contributed by atoms with Crippen LogP contribution in [0, 0.1) is 5.82 Å². The van der Waals surface area contributed by atoms with Gasteiger partial charge in [-0.05, 0) is 24.3 Å². The molecule has 0 bridgehead atoms. The first-order chi connectivity index (χ1) is 7.16. The number of nitrogens with one attached hydrogen (secondary N) is 1. The monoisotopic (exact) mass is 223 g/mol. The van der Waals surface area contributed by atoms with Crippen LogP contribution in [-0.2, 0) is 0 Å². The molecule has 0 atom stereocenters. The van der Waals surface area contributed by atoms with Crippen LogP contribution in [0.5, 0.6) is 0 Å². The molecular formula is C11H7ClFNO. The molecule has 0 saturated heterocycles. The fourth-order valence-corrected chi connectivity index (χ4v) is 1.58. The lowest BCUT2D eigenvalue weighted by atomic mass is 10.1. The van der Waals surface area contributed by atoms with E-state index in [1.165, 1.54) is 24.3 Å². The Morgan fingerprint density at radius 3 is 2.67 bits per heavy atom. The van der Waals surface area contributed by atoms with Gasteiger partial charge < -0.3 is 4.98 Å². The lowest BCUT2D eigenvalue weighted by Gasteiger charge is -2.03. The van der Waals surface area contributed by atoms with E-state index in [1.54, 1.807) is 12.1 Å². The molecule has 15 heavy (non-hydrogen) atoms. The van der Waals surface area contributed by atoms with Gasteiger partial charge in [-0.3, -0.25) is 4.79 Å². The third-order valence-electron chi connectivity index (χ3n) is 1.99. The van der Waals surface area contributed by atoms with Crippen molar-refractivity contribution in [3.63, 3.8) is 0 Å². The average molecular weight is 224 g/mol. The summed E-state index contributed by atoms with van der Waals surface area (Å²) in [4.78, 5) is 13.7. The van der Waals surface area contributed by atoms with Gasteiger partial charge in [-0.1, -0.05) is 17.7 Å². The Morgan fingerprint density at radius 2 is 2.00 bits per heavy atom. The minimum absolute atomic E-state index is 0.215. The molecule has 1 heterocycles. The number of aromatic nitrogens is 1. The second kappa shape index (κ2) is 3.87. The molecule has 2 aromatic rings. The van der Waals surface area contributed by atoms with Crippen molar-refractivity contribution >= 4 is 11.6 Å². The minimum atomic E-state index is -0.401. The number of aromatic amines is 1. The summed E-state index contributed by atoms with van der Waals surface area (Å²) in [6.07, 6.45) is 0. The zero-order chi connectivity index (χ0) is 10.8. The predicted octanol–water partition coefficient (Wildman–Crippen LogP) is 2.83. The Balaban J connectivity index is 2.59. The van der Waals surface area contributed by atoms with E-state index >= 15 is 0 Å². The van der Waals surface area contributed by atoms with Crippen LogP contribution >= 0.6 is 11.6 Å². The zero-order valence-electron chi connectivity index (χ0n) is 7.63. The molecule has 0 fully saturated rings. The fourth-order valence-electron chi connectivity index (χ4n) is 1.31. The predicted molar refractivity (Wildman–Crippen MR) is 57.5 cm³/mol. The molecule has 0 aliphatic carbocycles. The normalized spacial score (nSPS) is 10.3. The molecular weight excluding hydrogens is 217 g/mol. The smallest absolute Gasteiger partial charge is 0.248 e. The number of rotatable bonds is 1. The Bertz CT molecular complexity index is 550. The fraction of sp³-hybridized carbons (Fsp3) is 0. The summed E-state index contributed by atoms with van der Waals surface area (Å²) in [5.41, 5.74) is 0.969. The zero-order valence-corrected chi connectivity index (χ0v) is 8.38. The van der Waals surface area contributed by atoms with E-state index in [0.717, 1.165) is 0 Å². The SMILES string of the molecule is O=c1cccc(-c2ccc(F)cc2Cl)[nH]1. The number of pyridine rings is 1. The molecule has 1 N–H and O–H groups in total. The highest BCUT2D eigenvalue weighted by atomic mass is 35.5. The van der Waals surface area contributed by atoms with Crippen LogP contribution in [0.2, 0.25) is 5.02 Å². The van der Waals surface area contributed by atoms with Crippen molar-refractivity contribution in [2.75, 3.05) is 0 Å². The molecule has 2 rings (SSSR count). The molecule has 1 aromatic heterocycles. The minimum Gasteiger partial charge on any atom is -0.322 e. The molecule has 76 valence electrons. The maximum Gasteiger partial charge on any atom is 0.248 e. The van der Waals surface area contributed by atoms with Gasteiger partial charge in [-0.2, -0.15) is 0 Å². The standard InChI is InChI=1S/C11H7ClFNO/c12-9-6-7(13)4-5-8(9)10-2-1-3-11(15)14-10/h1-6H,(H,14,15). The van der Waals surface area contributed by atoms with Crippen molar-refractivity contribution in [2.45, 2.75) is 0 Å². The second-order valence-corrected chi connectivity index (χ2v) is 3.46. The topological polar surface area (TPSA) is 32.9 Å². The van der Waals surface area contributed by atoms with Crippen LogP contribution in [0.25, 0.3) is 11.3 Å². The number of hydrogen-bond acceptors (Lipinski definition) is 1. The summed E-state index contributed by atoms with van der Waals surface area (Å²) in [5.74, 6) is -0.401. The lowest BCUT2D eigenvalue weighted by Crippen LogP contribution is -2.03. The molecule has 0 spiro atoms. The largest absolute Gasteiger partial charge is 0.322 e. The summed E-state index contributed by atoms with van der Waals surface area (Å²) < 4.78 is 12.8. The highest BCUT2D eigenvalue weighted by Crippen LogP contribution is 2.25. The summed E-state index contributed by atoms with van der Waals surface area (Å²) in [6, 6.07) is 8.77. The van der Waals surface area contributed by atoms with E-state index in [1.807, 2.05) is 0 Å². The molecule has 0 radical (unpaired) electrons. The highest BCUT2D eigenvalue weighted by Gasteiger charge is 2.04. The highest BCUT2D eigenvalue weighted by molar-refractivity contribution is 6.33. The molecule has 4 heteroatoms. The van der Waals surface area contributed by atoms with Crippen molar-refractivity contribution in [1.29, 1.82) is 0 Å². The van der Waals surface area contributed by atoms with Crippen molar-refractivity contribution in [1.82, 2.24) is 4.98 Å². The summed E-state index contributed by atoms with van der Waals surface area (Å²) in [6.45, 7) is 0. The maximum atomic E-state index is 12.8. The second-order valence-electron chi connectivity index (χ2n) is 3.05. The van der Waals surface area contributed by atoms with Gasteiger partial charge in [0, 0.05) is 17.3 Å².